The molecule has 0 aliphatic carbocycles. The van der Waals surface area contributed by atoms with Gasteiger partial charge in [0.05, 0.1) is 5.69 Å². The highest BCUT2D eigenvalue weighted by molar-refractivity contribution is 4.99. The highest BCUT2D eigenvalue weighted by atomic mass is 15.3. The topological polar surface area (TPSA) is 71.4 Å². The average molecular weight is 220 g/mol. The van der Waals surface area contributed by atoms with Crippen LogP contribution in [0.2, 0.25) is 0 Å². The van der Waals surface area contributed by atoms with Gasteiger partial charge in [0.1, 0.15) is 12.2 Å². The van der Waals surface area contributed by atoms with Gasteiger partial charge in [-0.2, -0.15) is 10.2 Å². The number of aryl methyl sites for hydroxylation is 2. The first-order valence-corrected chi connectivity index (χ1v) is 5.38. The van der Waals surface area contributed by atoms with E-state index in [1.54, 1.807) is 6.33 Å². The summed E-state index contributed by atoms with van der Waals surface area (Å²) in [7, 11) is 1.95. The lowest BCUT2D eigenvalue weighted by Crippen LogP contribution is -2.17. The van der Waals surface area contributed by atoms with E-state index in [4.69, 9.17) is 0 Å². The van der Waals surface area contributed by atoms with Gasteiger partial charge in [-0.25, -0.2) is 4.98 Å². The number of hydrogen-bond donors (Lipinski definition) is 2. The van der Waals surface area contributed by atoms with E-state index in [0.717, 1.165) is 31.8 Å². The van der Waals surface area contributed by atoms with Crippen LogP contribution in [0.4, 0.5) is 0 Å². The molecule has 2 rings (SSSR count). The molecule has 0 unspecified atom stereocenters. The van der Waals surface area contributed by atoms with Crippen LogP contribution in [0.1, 0.15) is 17.9 Å². The lowest BCUT2D eigenvalue weighted by atomic mass is 10.3. The lowest BCUT2D eigenvalue weighted by molar-refractivity contribution is 0.602. The van der Waals surface area contributed by atoms with Gasteiger partial charge in [-0.1, -0.05) is 0 Å². The maximum Gasteiger partial charge on any atom is 0.137 e. The summed E-state index contributed by atoms with van der Waals surface area (Å²) < 4.78 is 1.88. The highest BCUT2D eigenvalue weighted by Gasteiger charge is 1.98. The van der Waals surface area contributed by atoms with Gasteiger partial charge < -0.3 is 5.32 Å². The van der Waals surface area contributed by atoms with Crippen LogP contribution in [0.15, 0.2) is 18.6 Å². The van der Waals surface area contributed by atoms with E-state index in [2.05, 4.69) is 25.6 Å². The molecule has 0 amide bonds. The molecule has 86 valence electrons. The first kappa shape index (κ1) is 10.8. The van der Waals surface area contributed by atoms with Crippen LogP contribution < -0.4 is 5.32 Å². The van der Waals surface area contributed by atoms with Crippen molar-refractivity contribution in [2.45, 2.75) is 19.4 Å². The number of hydrogen-bond acceptors (Lipinski definition) is 4. The van der Waals surface area contributed by atoms with E-state index in [9.17, 15) is 0 Å². The second kappa shape index (κ2) is 5.41. The molecule has 0 saturated heterocycles. The zero-order chi connectivity index (χ0) is 11.2. The van der Waals surface area contributed by atoms with Crippen molar-refractivity contribution in [2.75, 3.05) is 6.54 Å². The van der Waals surface area contributed by atoms with E-state index < -0.39 is 0 Å². The van der Waals surface area contributed by atoms with E-state index in [1.165, 1.54) is 5.69 Å². The fourth-order valence-electron chi connectivity index (χ4n) is 1.52. The molecule has 2 N–H and O–H groups in total. The third-order valence-corrected chi connectivity index (χ3v) is 2.46. The van der Waals surface area contributed by atoms with Crippen LogP contribution >= 0.6 is 0 Å². The van der Waals surface area contributed by atoms with Crippen LogP contribution in [-0.4, -0.2) is 31.5 Å². The third-order valence-electron chi connectivity index (χ3n) is 2.46. The molecule has 0 aliphatic heterocycles. The summed E-state index contributed by atoms with van der Waals surface area (Å²) >= 11 is 0. The van der Waals surface area contributed by atoms with E-state index >= 15 is 0 Å². The number of aromatic amines is 1. The van der Waals surface area contributed by atoms with Crippen molar-refractivity contribution in [2.24, 2.45) is 7.05 Å². The molecule has 6 heteroatoms. The Balaban J connectivity index is 1.61. The minimum atomic E-state index is 0.854. The average Bonchev–Trinajstić information content (AvgIpc) is 2.90. The van der Waals surface area contributed by atoms with Crippen LogP contribution in [0.25, 0.3) is 0 Å². The normalized spacial score (nSPS) is 10.8. The summed E-state index contributed by atoms with van der Waals surface area (Å²) in [5, 5.41) is 14.1. The summed E-state index contributed by atoms with van der Waals surface area (Å²) in [5.41, 5.74) is 1.19. The molecule has 16 heavy (non-hydrogen) atoms. The molecule has 2 aromatic rings. The molecule has 0 atom stereocenters. The quantitative estimate of drug-likeness (QED) is 0.685. The van der Waals surface area contributed by atoms with Crippen molar-refractivity contribution in [1.82, 2.24) is 30.3 Å². The molecule has 2 aromatic heterocycles. The Labute approximate surface area is 94.1 Å². The van der Waals surface area contributed by atoms with Crippen molar-refractivity contribution < 1.29 is 0 Å². The Hall–Kier alpha value is -1.69. The summed E-state index contributed by atoms with van der Waals surface area (Å²) in [6.07, 6.45) is 5.33. The molecule has 6 nitrogen and oxygen atoms in total. The van der Waals surface area contributed by atoms with Gasteiger partial charge in [0.15, 0.2) is 0 Å². The molecule has 2 heterocycles. The number of aromatic nitrogens is 5. The van der Waals surface area contributed by atoms with Gasteiger partial charge in [-0.3, -0.25) is 9.78 Å². The largest absolute Gasteiger partial charge is 0.311 e. The minimum absolute atomic E-state index is 0.854. The Morgan fingerprint density at radius 3 is 3.12 bits per heavy atom. The van der Waals surface area contributed by atoms with E-state index in [1.807, 2.05) is 24.0 Å². The monoisotopic (exact) mass is 220 g/mol. The molecule has 0 aromatic carbocycles. The smallest absolute Gasteiger partial charge is 0.137 e. The Bertz CT molecular complexity index is 405. The lowest BCUT2D eigenvalue weighted by Gasteiger charge is -2.04. The van der Waals surface area contributed by atoms with Crippen molar-refractivity contribution >= 4 is 0 Å². The van der Waals surface area contributed by atoms with Gasteiger partial charge in [0.25, 0.3) is 0 Å². The second-order valence-corrected chi connectivity index (χ2v) is 3.66. The van der Waals surface area contributed by atoms with Crippen molar-refractivity contribution in [3.8, 4) is 0 Å². The van der Waals surface area contributed by atoms with E-state index in [-0.39, 0.29) is 0 Å². The third kappa shape index (κ3) is 2.90. The molecule has 0 aliphatic rings. The van der Waals surface area contributed by atoms with Crippen molar-refractivity contribution in [1.29, 1.82) is 0 Å². The summed E-state index contributed by atoms with van der Waals surface area (Å²) in [6.45, 7) is 1.82. The number of H-pyrrole nitrogens is 1. The van der Waals surface area contributed by atoms with Crippen LogP contribution in [0.3, 0.4) is 0 Å². The number of rotatable bonds is 6. The SMILES string of the molecule is Cn1nccc1CNCCCc1ncn[nH]1. The standard InChI is InChI=1S/C10H16N6/c1-16-9(4-6-14-16)7-11-5-2-3-10-12-8-13-15-10/h4,6,8,11H,2-3,5,7H2,1H3,(H,12,13,15). The minimum Gasteiger partial charge on any atom is -0.311 e. The van der Waals surface area contributed by atoms with Crippen molar-refractivity contribution in [3.05, 3.63) is 30.1 Å². The van der Waals surface area contributed by atoms with Gasteiger partial charge in [-0.15, -0.1) is 0 Å². The van der Waals surface area contributed by atoms with Gasteiger partial charge in [-0.05, 0) is 19.0 Å². The molecular weight excluding hydrogens is 204 g/mol. The Kier molecular flexibility index (Phi) is 3.66. The molecule has 0 spiro atoms. The van der Waals surface area contributed by atoms with Gasteiger partial charge >= 0.3 is 0 Å². The molecule has 0 bridgehead atoms. The maximum absolute atomic E-state index is 4.11. The zero-order valence-corrected chi connectivity index (χ0v) is 9.35. The summed E-state index contributed by atoms with van der Waals surface area (Å²) in [4.78, 5) is 4.07. The predicted octanol–water partition coefficient (Wildman–Crippen LogP) is 0.261. The van der Waals surface area contributed by atoms with Crippen LogP contribution in [0, 0.1) is 0 Å². The fraction of sp³-hybridized carbons (Fsp3) is 0.500. The number of nitrogens with one attached hydrogen (secondary N) is 2. The van der Waals surface area contributed by atoms with E-state index in [0.29, 0.717) is 0 Å². The molecular formula is C10H16N6. The van der Waals surface area contributed by atoms with Crippen LogP contribution in [-0.2, 0) is 20.0 Å². The zero-order valence-electron chi connectivity index (χ0n) is 9.35. The second-order valence-electron chi connectivity index (χ2n) is 3.66. The first-order chi connectivity index (χ1) is 7.86. The predicted molar refractivity (Wildman–Crippen MR) is 59.6 cm³/mol. The fourth-order valence-corrected chi connectivity index (χ4v) is 1.52. The number of nitrogens with zero attached hydrogens (tertiary/aromatic N) is 4. The Morgan fingerprint density at radius 2 is 2.44 bits per heavy atom. The molecule has 0 fully saturated rings. The highest BCUT2D eigenvalue weighted by Crippen LogP contribution is 1.96. The van der Waals surface area contributed by atoms with Gasteiger partial charge in [0.2, 0.25) is 0 Å². The maximum atomic E-state index is 4.11. The molecule has 0 radical (unpaired) electrons. The summed E-state index contributed by atoms with van der Waals surface area (Å²) in [6, 6.07) is 2.02. The Morgan fingerprint density at radius 1 is 1.50 bits per heavy atom. The van der Waals surface area contributed by atoms with Crippen molar-refractivity contribution in [3.63, 3.8) is 0 Å². The molecule has 0 saturated carbocycles. The first-order valence-electron chi connectivity index (χ1n) is 5.38. The van der Waals surface area contributed by atoms with Gasteiger partial charge in [0, 0.05) is 26.2 Å². The van der Waals surface area contributed by atoms with Crippen LogP contribution in [0.5, 0.6) is 0 Å². The summed E-state index contributed by atoms with van der Waals surface area (Å²) in [5.74, 6) is 0.947.